The number of nitrogens with zero attached hydrogens (tertiary/aromatic N) is 2. The van der Waals surface area contributed by atoms with Crippen LogP contribution in [0.1, 0.15) is 11.1 Å². The minimum Gasteiger partial charge on any atom is -0.467 e. The van der Waals surface area contributed by atoms with Gasteiger partial charge in [-0.25, -0.2) is 4.39 Å². The fourth-order valence-electron chi connectivity index (χ4n) is 1.80. The molecule has 0 unspecified atom stereocenters. The number of aromatic nitrogens is 2. The van der Waals surface area contributed by atoms with Crippen LogP contribution < -0.4 is 10.1 Å². The number of hydrogen-bond donors (Lipinski definition) is 1. The third kappa shape index (κ3) is 6.19. The lowest BCUT2D eigenvalue weighted by Gasteiger charge is -2.09. The van der Waals surface area contributed by atoms with Gasteiger partial charge in [-0.3, -0.25) is 4.79 Å². The molecule has 0 saturated carbocycles. The van der Waals surface area contributed by atoms with Crippen molar-refractivity contribution in [2.75, 3.05) is 6.61 Å². The molecule has 0 saturated heterocycles. The van der Waals surface area contributed by atoms with E-state index in [1.165, 1.54) is 30.5 Å². The molecule has 2 rings (SSSR count). The van der Waals surface area contributed by atoms with Crippen LogP contribution in [0.4, 0.5) is 17.6 Å². The largest absolute Gasteiger partial charge is 0.467 e. The van der Waals surface area contributed by atoms with Crippen molar-refractivity contribution >= 4 is 5.91 Å². The van der Waals surface area contributed by atoms with Crippen molar-refractivity contribution in [3.8, 4) is 5.88 Å². The molecule has 0 atom stereocenters. The van der Waals surface area contributed by atoms with E-state index in [1.54, 1.807) is 6.07 Å². The standard InChI is InChI=1S/C15H13F4N3O2/c16-12-3-1-2-10(4-12)5-13(23)20-7-11-6-14(22-21-8-11)24-9-15(17,18)19/h1-4,6,8H,5,7,9H2,(H,20,23). The van der Waals surface area contributed by atoms with Crippen LogP contribution in [0, 0.1) is 5.82 Å². The van der Waals surface area contributed by atoms with Crippen molar-refractivity contribution in [2.24, 2.45) is 0 Å². The lowest BCUT2D eigenvalue weighted by Crippen LogP contribution is -2.25. The average Bonchev–Trinajstić information content (AvgIpc) is 2.51. The van der Waals surface area contributed by atoms with Gasteiger partial charge in [-0.2, -0.15) is 18.3 Å². The van der Waals surface area contributed by atoms with E-state index in [1.807, 2.05) is 0 Å². The molecule has 0 aliphatic carbocycles. The van der Waals surface area contributed by atoms with E-state index >= 15 is 0 Å². The molecule has 0 bridgehead atoms. The maximum Gasteiger partial charge on any atom is 0.422 e. The molecule has 24 heavy (non-hydrogen) atoms. The number of ether oxygens (including phenoxy) is 1. The molecular formula is C15H13F4N3O2. The second-order valence-corrected chi connectivity index (χ2v) is 4.89. The summed E-state index contributed by atoms with van der Waals surface area (Å²) >= 11 is 0. The molecule has 1 aromatic heterocycles. The van der Waals surface area contributed by atoms with E-state index in [4.69, 9.17) is 0 Å². The second-order valence-electron chi connectivity index (χ2n) is 4.89. The predicted molar refractivity (Wildman–Crippen MR) is 75.5 cm³/mol. The quantitative estimate of drug-likeness (QED) is 0.818. The Morgan fingerprint density at radius 2 is 2.00 bits per heavy atom. The Balaban J connectivity index is 1.86. The molecule has 1 N–H and O–H groups in total. The molecule has 9 heteroatoms. The lowest BCUT2D eigenvalue weighted by atomic mass is 10.1. The molecule has 5 nitrogen and oxygen atoms in total. The van der Waals surface area contributed by atoms with Gasteiger partial charge in [0.2, 0.25) is 11.8 Å². The number of rotatable bonds is 6. The summed E-state index contributed by atoms with van der Waals surface area (Å²) in [5, 5.41) is 9.50. The van der Waals surface area contributed by atoms with Crippen molar-refractivity contribution in [2.45, 2.75) is 19.1 Å². The lowest BCUT2D eigenvalue weighted by molar-refractivity contribution is -0.154. The van der Waals surface area contributed by atoms with Gasteiger partial charge in [0.15, 0.2) is 6.61 Å². The fourth-order valence-corrected chi connectivity index (χ4v) is 1.80. The van der Waals surface area contributed by atoms with Crippen LogP contribution in [0.15, 0.2) is 36.5 Å². The molecule has 1 aromatic carbocycles. The number of alkyl halides is 3. The Bertz CT molecular complexity index is 707. The first-order chi connectivity index (χ1) is 11.3. The molecule has 0 spiro atoms. The van der Waals surface area contributed by atoms with Crippen molar-refractivity contribution in [1.82, 2.24) is 15.5 Å². The zero-order valence-corrected chi connectivity index (χ0v) is 12.3. The fraction of sp³-hybridized carbons (Fsp3) is 0.267. The number of benzene rings is 1. The normalized spacial score (nSPS) is 11.2. The highest BCUT2D eigenvalue weighted by molar-refractivity contribution is 5.78. The maximum absolute atomic E-state index is 13.0. The highest BCUT2D eigenvalue weighted by atomic mass is 19.4. The van der Waals surface area contributed by atoms with Crippen LogP contribution in [-0.4, -0.2) is 28.9 Å². The number of carbonyl (C=O) groups is 1. The van der Waals surface area contributed by atoms with Gasteiger partial charge in [-0.1, -0.05) is 12.1 Å². The van der Waals surface area contributed by atoms with E-state index in [-0.39, 0.29) is 24.8 Å². The second kappa shape index (κ2) is 7.71. The van der Waals surface area contributed by atoms with Gasteiger partial charge in [0.25, 0.3) is 0 Å². The molecule has 0 aliphatic rings. The monoisotopic (exact) mass is 343 g/mol. The molecule has 0 aliphatic heterocycles. The van der Waals surface area contributed by atoms with Crippen LogP contribution >= 0.6 is 0 Å². The van der Waals surface area contributed by atoms with Gasteiger partial charge >= 0.3 is 6.18 Å². The number of nitrogens with one attached hydrogen (secondary N) is 1. The van der Waals surface area contributed by atoms with E-state index in [9.17, 15) is 22.4 Å². The number of halogens is 4. The molecule has 0 radical (unpaired) electrons. The van der Waals surface area contributed by atoms with Crippen molar-refractivity contribution < 1.29 is 27.1 Å². The predicted octanol–water partition coefficient (Wildman–Crippen LogP) is 2.42. The van der Waals surface area contributed by atoms with Gasteiger partial charge in [-0.05, 0) is 23.3 Å². The minimum atomic E-state index is -4.48. The first-order valence-electron chi connectivity index (χ1n) is 6.84. The van der Waals surface area contributed by atoms with Crippen molar-refractivity contribution in [1.29, 1.82) is 0 Å². The van der Waals surface area contributed by atoms with Crippen LogP contribution in [0.5, 0.6) is 5.88 Å². The summed E-state index contributed by atoms with van der Waals surface area (Å²) in [7, 11) is 0. The summed E-state index contributed by atoms with van der Waals surface area (Å²) in [4.78, 5) is 11.8. The summed E-state index contributed by atoms with van der Waals surface area (Å²) in [5.74, 6) is -1.09. The molecular weight excluding hydrogens is 330 g/mol. The number of hydrogen-bond acceptors (Lipinski definition) is 4. The Labute approximate surface area is 134 Å². The zero-order valence-electron chi connectivity index (χ0n) is 12.3. The molecule has 1 heterocycles. The van der Waals surface area contributed by atoms with E-state index in [2.05, 4.69) is 20.3 Å². The Morgan fingerprint density at radius 3 is 2.71 bits per heavy atom. The highest BCUT2D eigenvalue weighted by Gasteiger charge is 2.28. The smallest absolute Gasteiger partial charge is 0.422 e. The van der Waals surface area contributed by atoms with Crippen LogP contribution in [0.25, 0.3) is 0 Å². The molecule has 1 amide bonds. The van der Waals surface area contributed by atoms with Crippen molar-refractivity contribution in [3.05, 3.63) is 53.5 Å². The molecule has 128 valence electrons. The first-order valence-corrected chi connectivity index (χ1v) is 6.84. The third-order valence-electron chi connectivity index (χ3n) is 2.82. The summed E-state index contributed by atoms with van der Waals surface area (Å²) in [6.45, 7) is -1.44. The van der Waals surface area contributed by atoms with Crippen LogP contribution in [0.3, 0.4) is 0 Å². The Kier molecular flexibility index (Phi) is 5.67. The van der Waals surface area contributed by atoms with Crippen LogP contribution in [-0.2, 0) is 17.8 Å². The maximum atomic E-state index is 13.0. The van der Waals surface area contributed by atoms with E-state index in [0.717, 1.165) is 0 Å². The van der Waals surface area contributed by atoms with Gasteiger partial charge in [0.05, 0.1) is 12.6 Å². The number of amides is 1. The summed E-state index contributed by atoms with van der Waals surface area (Å²) in [6, 6.07) is 6.87. The topological polar surface area (TPSA) is 64.1 Å². The van der Waals surface area contributed by atoms with Gasteiger partial charge in [0, 0.05) is 12.6 Å². The molecule has 0 fully saturated rings. The Hall–Kier alpha value is -2.71. The van der Waals surface area contributed by atoms with Gasteiger partial charge < -0.3 is 10.1 Å². The van der Waals surface area contributed by atoms with Gasteiger partial charge in [0.1, 0.15) is 5.82 Å². The summed E-state index contributed by atoms with van der Waals surface area (Å²) in [6.07, 6.45) is -3.20. The SMILES string of the molecule is O=C(Cc1cccc(F)c1)NCc1cnnc(OCC(F)(F)F)c1. The van der Waals surface area contributed by atoms with E-state index < -0.39 is 18.6 Å². The molecule has 2 aromatic rings. The zero-order chi connectivity index (χ0) is 17.6. The van der Waals surface area contributed by atoms with Crippen LogP contribution in [0.2, 0.25) is 0 Å². The summed E-state index contributed by atoms with van der Waals surface area (Å²) in [5.41, 5.74) is 0.935. The Morgan fingerprint density at radius 1 is 1.21 bits per heavy atom. The van der Waals surface area contributed by atoms with Crippen molar-refractivity contribution in [3.63, 3.8) is 0 Å². The van der Waals surface area contributed by atoms with E-state index in [0.29, 0.717) is 11.1 Å². The first kappa shape index (κ1) is 17.6. The minimum absolute atomic E-state index is 0.0201. The summed E-state index contributed by atoms with van der Waals surface area (Å²) < 4.78 is 53.7. The highest BCUT2D eigenvalue weighted by Crippen LogP contribution is 2.17. The third-order valence-corrected chi connectivity index (χ3v) is 2.82. The van der Waals surface area contributed by atoms with Gasteiger partial charge in [-0.15, -0.1) is 5.10 Å². The number of carbonyl (C=O) groups excluding carboxylic acids is 1. The average molecular weight is 343 g/mol.